The van der Waals surface area contributed by atoms with Crippen LogP contribution in [0.15, 0.2) is 22.7 Å². The number of carbonyl (C=O) groups excluding carboxylic acids is 1. The van der Waals surface area contributed by atoms with Crippen LogP contribution >= 0.6 is 15.9 Å². The maximum Gasteiger partial charge on any atom is 0.407 e. The minimum absolute atomic E-state index is 0.150. The lowest BCUT2D eigenvalue weighted by atomic mass is 10.1. The number of amides is 2. The SMILES string of the molecule is NC(=O)c1cc(Br)ccc1O[C@@H]1CCN(C(=O)O)C[C@@H]1F. The summed E-state index contributed by atoms with van der Waals surface area (Å²) in [4.78, 5) is 23.2. The molecule has 1 heterocycles. The minimum atomic E-state index is -1.46. The van der Waals surface area contributed by atoms with Crippen molar-refractivity contribution < 1.29 is 23.8 Å². The van der Waals surface area contributed by atoms with Crippen LogP contribution in [0, 0.1) is 0 Å². The van der Waals surface area contributed by atoms with Crippen LogP contribution in [0.1, 0.15) is 16.8 Å². The molecular formula is C13H14BrFN2O4. The molecule has 1 aromatic carbocycles. The molecular weight excluding hydrogens is 347 g/mol. The average molecular weight is 361 g/mol. The van der Waals surface area contributed by atoms with Gasteiger partial charge in [0.05, 0.1) is 12.1 Å². The van der Waals surface area contributed by atoms with Crippen molar-refractivity contribution in [1.29, 1.82) is 0 Å². The molecule has 1 fully saturated rings. The average Bonchev–Trinajstić information content (AvgIpc) is 2.42. The molecule has 2 rings (SSSR count). The molecule has 2 atom stereocenters. The van der Waals surface area contributed by atoms with E-state index in [1.54, 1.807) is 6.07 Å². The molecule has 1 aliphatic rings. The number of nitrogens with two attached hydrogens (primary N) is 1. The fraction of sp³-hybridized carbons (Fsp3) is 0.385. The molecule has 0 unspecified atom stereocenters. The minimum Gasteiger partial charge on any atom is -0.486 e. The van der Waals surface area contributed by atoms with Gasteiger partial charge < -0.3 is 20.5 Å². The van der Waals surface area contributed by atoms with Crippen molar-refractivity contribution in [3.8, 4) is 5.75 Å². The van der Waals surface area contributed by atoms with E-state index < -0.39 is 24.3 Å². The molecule has 2 amide bonds. The zero-order valence-electron chi connectivity index (χ0n) is 11.0. The predicted molar refractivity (Wildman–Crippen MR) is 76.2 cm³/mol. The summed E-state index contributed by atoms with van der Waals surface area (Å²) in [7, 11) is 0. The molecule has 21 heavy (non-hydrogen) atoms. The van der Waals surface area contributed by atoms with Crippen molar-refractivity contribution in [3.05, 3.63) is 28.2 Å². The maximum atomic E-state index is 14.0. The summed E-state index contributed by atoms with van der Waals surface area (Å²) in [6.45, 7) is -0.0642. The molecule has 1 aromatic rings. The first-order valence-corrected chi connectivity index (χ1v) is 7.05. The van der Waals surface area contributed by atoms with E-state index >= 15 is 0 Å². The number of nitrogens with zero attached hydrogens (tertiary/aromatic N) is 1. The highest BCUT2D eigenvalue weighted by molar-refractivity contribution is 9.10. The van der Waals surface area contributed by atoms with E-state index in [9.17, 15) is 14.0 Å². The van der Waals surface area contributed by atoms with Crippen LogP contribution in [0.5, 0.6) is 5.75 Å². The first-order chi connectivity index (χ1) is 9.88. The number of primary amides is 1. The van der Waals surface area contributed by atoms with E-state index in [-0.39, 0.29) is 30.8 Å². The Morgan fingerprint density at radius 3 is 2.76 bits per heavy atom. The first-order valence-electron chi connectivity index (χ1n) is 6.26. The highest BCUT2D eigenvalue weighted by atomic mass is 79.9. The third kappa shape index (κ3) is 3.63. The van der Waals surface area contributed by atoms with Gasteiger partial charge in [-0.1, -0.05) is 15.9 Å². The Morgan fingerprint density at radius 1 is 1.48 bits per heavy atom. The summed E-state index contributed by atoms with van der Waals surface area (Å²) >= 11 is 3.22. The van der Waals surface area contributed by atoms with Gasteiger partial charge in [0.1, 0.15) is 11.9 Å². The van der Waals surface area contributed by atoms with Crippen LogP contribution in [0.2, 0.25) is 0 Å². The number of carbonyl (C=O) groups is 2. The van der Waals surface area contributed by atoms with E-state index in [2.05, 4.69) is 15.9 Å². The lowest BCUT2D eigenvalue weighted by Crippen LogP contribution is -2.48. The number of halogens is 2. The molecule has 1 aliphatic heterocycles. The van der Waals surface area contributed by atoms with Gasteiger partial charge in [-0.25, -0.2) is 9.18 Å². The van der Waals surface area contributed by atoms with Crippen LogP contribution in [-0.2, 0) is 0 Å². The predicted octanol–water partition coefficient (Wildman–Crippen LogP) is 2.02. The Hall–Kier alpha value is -1.83. The lowest BCUT2D eigenvalue weighted by molar-refractivity contribution is 0.0245. The summed E-state index contributed by atoms with van der Waals surface area (Å²) in [6.07, 6.45) is -3.21. The summed E-state index contributed by atoms with van der Waals surface area (Å²) in [5.74, 6) is -0.480. The lowest BCUT2D eigenvalue weighted by Gasteiger charge is -2.33. The van der Waals surface area contributed by atoms with Gasteiger partial charge in [0.2, 0.25) is 0 Å². The molecule has 0 aliphatic carbocycles. The number of carboxylic acid groups (broad SMARTS) is 1. The number of benzene rings is 1. The second-order valence-corrected chi connectivity index (χ2v) is 5.61. The molecule has 0 spiro atoms. The Balaban J connectivity index is 2.12. The maximum absolute atomic E-state index is 14.0. The number of hydrogen-bond acceptors (Lipinski definition) is 3. The molecule has 0 radical (unpaired) electrons. The molecule has 8 heteroatoms. The summed E-state index contributed by atoms with van der Waals surface area (Å²) in [6, 6.07) is 4.68. The molecule has 6 nitrogen and oxygen atoms in total. The molecule has 3 N–H and O–H groups in total. The highest BCUT2D eigenvalue weighted by Gasteiger charge is 2.33. The fourth-order valence-corrected chi connectivity index (χ4v) is 2.51. The van der Waals surface area contributed by atoms with Gasteiger partial charge in [-0.2, -0.15) is 0 Å². The normalized spacial score (nSPS) is 21.9. The first kappa shape index (κ1) is 15.6. The Labute approximate surface area is 128 Å². The van der Waals surface area contributed by atoms with Crippen molar-refractivity contribution >= 4 is 27.9 Å². The Kier molecular flexibility index (Phi) is 4.66. The highest BCUT2D eigenvalue weighted by Crippen LogP contribution is 2.27. The van der Waals surface area contributed by atoms with Crippen molar-refractivity contribution in [2.75, 3.05) is 13.1 Å². The summed E-state index contributed by atoms with van der Waals surface area (Å²) < 4.78 is 20.2. The van der Waals surface area contributed by atoms with Gasteiger partial charge in [-0.05, 0) is 18.2 Å². The number of likely N-dealkylation sites (tertiary alicyclic amines) is 1. The van der Waals surface area contributed by atoms with Crippen LogP contribution in [0.4, 0.5) is 9.18 Å². The largest absolute Gasteiger partial charge is 0.486 e. The second kappa shape index (κ2) is 6.30. The number of alkyl halides is 1. The van der Waals surface area contributed by atoms with E-state index in [1.165, 1.54) is 12.1 Å². The van der Waals surface area contributed by atoms with Crippen molar-refractivity contribution in [1.82, 2.24) is 4.90 Å². The van der Waals surface area contributed by atoms with Crippen LogP contribution < -0.4 is 10.5 Å². The number of rotatable bonds is 3. The summed E-state index contributed by atoms with van der Waals surface area (Å²) in [5.41, 5.74) is 5.42. The van der Waals surface area contributed by atoms with Crippen molar-refractivity contribution in [3.63, 3.8) is 0 Å². The van der Waals surface area contributed by atoms with Gasteiger partial charge in [-0.15, -0.1) is 0 Å². The van der Waals surface area contributed by atoms with E-state index in [0.717, 1.165) is 4.90 Å². The van der Waals surface area contributed by atoms with Crippen LogP contribution in [0.3, 0.4) is 0 Å². The van der Waals surface area contributed by atoms with Crippen LogP contribution in [-0.4, -0.2) is 47.4 Å². The van der Waals surface area contributed by atoms with Crippen molar-refractivity contribution in [2.45, 2.75) is 18.7 Å². The summed E-state index contributed by atoms with van der Waals surface area (Å²) in [5, 5.41) is 8.83. The van der Waals surface area contributed by atoms with Gasteiger partial charge in [0, 0.05) is 17.4 Å². The second-order valence-electron chi connectivity index (χ2n) is 4.69. The molecule has 0 aromatic heterocycles. The van der Waals surface area contributed by atoms with Crippen LogP contribution in [0.25, 0.3) is 0 Å². The van der Waals surface area contributed by atoms with E-state index in [0.29, 0.717) is 4.47 Å². The quantitative estimate of drug-likeness (QED) is 0.862. The fourth-order valence-electron chi connectivity index (χ4n) is 2.15. The molecule has 1 saturated heterocycles. The zero-order valence-corrected chi connectivity index (χ0v) is 12.5. The zero-order chi connectivity index (χ0) is 15.6. The van der Waals surface area contributed by atoms with Gasteiger partial charge in [-0.3, -0.25) is 4.79 Å². The van der Waals surface area contributed by atoms with Crippen molar-refractivity contribution in [2.24, 2.45) is 5.73 Å². The Morgan fingerprint density at radius 2 is 2.19 bits per heavy atom. The Bertz CT molecular complexity index is 569. The van der Waals surface area contributed by atoms with E-state index in [1.807, 2.05) is 0 Å². The third-order valence-corrected chi connectivity index (χ3v) is 3.73. The molecule has 0 saturated carbocycles. The number of hydrogen-bond donors (Lipinski definition) is 2. The van der Waals surface area contributed by atoms with E-state index in [4.69, 9.17) is 15.6 Å². The standard InChI is InChI=1S/C13H14BrFN2O4/c14-7-1-2-10(8(5-7)12(16)18)21-11-3-4-17(13(19)20)6-9(11)15/h1-2,5,9,11H,3-4,6H2,(H2,16,18)(H,19,20)/t9-,11+/m0/s1. The van der Waals surface area contributed by atoms with Gasteiger partial charge >= 0.3 is 6.09 Å². The van der Waals surface area contributed by atoms with Gasteiger partial charge in [0.15, 0.2) is 6.17 Å². The van der Waals surface area contributed by atoms with Gasteiger partial charge in [0.25, 0.3) is 5.91 Å². The topological polar surface area (TPSA) is 92.9 Å². The third-order valence-electron chi connectivity index (χ3n) is 3.24. The monoisotopic (exact) mass is 360 g/mol. The molecule has 114 valence electrons. The molecule has 0 bridgehead atoms. The number of ether oxygens (including phenoxy) is 1. The smallest absolute Gasteiger partial charge is 0.407 e. The number of piperidine rings is 1.